The summed E-state index contributed by atoms with van der Waals surface area (Å²) in [5.74, 6) is -0.500. The van der Waals surface area contributed by atoms with Gasteiger partial charge in [0.25, 0.3) is 5.91 Å². The maximum Gasteiger partial charge on any atom is 0.296 e. The summed E-state index contributed by atoms with van der Waals surface area (Å²) >= 11 is 0. The number of carbonyl (C=O) groups excluding carboxylic acids is 1. The molecule has 0 unspecified atom stereocenters. The molecular weight excluding hydrogens is 290 g/mol. The van der Waals surface area contributed by atoms with E-state index in [1.54, 1.807) is 12.3 Å². The molecule has 23 heavy (non-hydrogen) atoms. The van der Waals surface area contributed by atoms with Crippen LogP contribution in [0.25, 0.3) is 5.57 Å². The van der Waals surface area contributed by atoms with Gasteiger partial charge in [-0.05, 0) is 41.8 Å². The van der Waals surface area contributed by atoms with Gasteiger partial charge in [0.05, 0.1) is 6.54 Å². The second kappa shape index (κ2) is 7.17. The Balaban J connectivity index is 1.75. The zero-order valence-corrected chi connectivity index (χ0v) is 12.8. The van der Waals surface area contributed by atoms with Gasteiger partial charge in [0.15, 0.2) is 0 Å². The van der Waals surface area contributed by atoms with E-state index in [-0.39, 0.29) is 12.2 Å². The van der Waals surface area contributed by atoms with Gasteiger partial charge in [-0.15, -0.1) is 0 Å². The molecule has 0 fully saturated rings. The van der Waals surface area contributed by atoms with Crippen LogP contribution in [0.3, 0.4) is 0 Å². The van der Waals surface area contributed by atoms with Gasteiger partial charge in [0.2, 0.25) is 0 Å². The van der Waals surface area contributed by atoms with Crippen LogP contribution in [0.1, 0.15) is 28.0 Å². The van der Waals surface area contributed by atoms with Crippen LogP contribution >= 0.6 is 0 Å². The molecule has 0 aliphatic carbocycles. The van der Waals surface area contributed by atoms with Crippen LogP contribution < -0.4 is 5.32 Å². The monoisotopic (exact) mass is 309 g/mol. The normalized spacial score (nSPS) is 14.2. The molecule has 5 nitrogen and oxygen atoms in total. The lowest BCUT2D eigenvalue weighted by Gasteiger charge is -2.17. The first kappa shape index (κ1) is 15.4. The molecule has 0 spiro atoms. The van der Waals surface area contributed by atoms with Crippen LogP contribution in [0.15, 0.2) is 54.7 Å². The predicted octanol–water partition coefficient (Wildman–Crippen LogP) is 2.49. The zero-order chi connectivity index (χ0) is 16.1. The van der Waals surface area contributed by atoms with E-state index in [4.69, 9.17) is 0 Å². The summed E-state index contributed by atoms with van der Waals surface area (Å²) in [6.07, 6.45) is 4.75. The van der Waals surface area contributed by atoms with Crippen molar-refractivity contribution in [3.63, 3.8) is 0 Å². The molecule has 0 saturated heterocycles. The highest BCUT2D eigenvalue weighted by atomic mass is 16.5. The molecule has 1 aromatic heterocycles. The standard InChI is InChI=1S/C18H19N3O2/c22-18(21(23)13-14-5-2-1-3-6-14)17-11-15(8-10-20-17)16-7-4-9-19-12-16/h1-3,5-8,10-11,19,23H,4,9,12-13H2. The van der Waals surface area contributed by atoms with Crippen molar-refractivity contribution in [3.8, 4) is 0 Å². The summed E-state index contributed by atoms with van der Waals surface area (Å²) in [7, 11) is 0. The Hall–Kier alpha value is -2.50. The maximum atomic E-state index is 12.4. The highest BCUT2D eigenvalue weighted by molar-refractivity contribution is 5.92. The number of hydrogen-bond donors (Lipinski definition) is 2. The van der Waals surface area contributed by atoms with Gasteiger partial charge in [0.1, 0.15) is 5.69 Å². The molecule has 0 bridgehead atoms. The first-order valence-electron chi connectivity index (χ1n) is 7.65. The summed E-state index contributed by atoms with van der Waals surface area (Å²) < 4.78 is 0. The van der Waals surface area contributed by atoms with E-state index in [1.807, 2.05) is 36.4 Å². The summed E-state index contributed by atoms with van der Waals surface area (Å²) in [4.78, 5) is 16.5. The minimum absolute atomic E-state index is 0.135. The molecule has 1 aliphatic rings. The molecule has 0 saturated carbocycles. The number of rotatable bonds is 4. The van der Waals surface area contributed by atoms with E-state index in [0.717, 1.165) is 36.2 Å². The number of amides is 1. The molecular formula is C18H19N3O2. The molecule has 118 valence electrons. The third-order valence-corrected chi connectivity index (χ3v) is 3.79. The van der Waals surface area contributed by atoms with Crippen LogP contribution in [0.4, 0.5) is 0 Å². The summed E-state index contributed by atoms with van der Waals surface area (Å²) in [6, 6.07) is 13.0. The van der Waals surface area contributed by atoms with Crippen molar-refractivity contribution in [1.82, 2.24) is 15.4 Å². The smallest absolute Gasteiger partial charge is 0.296 e. The van der Waals surface area contributed by atoms with Crippen molar-refractivity contribution in [2.75, 3.05) is 13.1 Å². The van der Waals surface area contributed by atoms with Crippen molar-refractivity contribution in [3.05, 3.63) is 71.6 Å². The van der Waals surface area contributed by atoms with Crippen LogP contribution in [-0.2, 0) is 6.54 Å². The topological polar surface area (TPSA) is 65.5 Å². The fourth-order valence-corrected chi connectivity index (χ4v) is 2.57. The maximum absolute atomic E-state index is 12.4. The summed E-state index contributed by atoms with van der Waals surface area (Å²) in [5, 5.41) is 14.0. The quantitative estimate of drug-likeness (QED) is 0.673. The Labute approximate surface area is 135 Å². The van der Waals surface area contributed by atoms with Gasteiger partial charge in [0, 0.05) is 12.7 Å². The third kappa shape index (κ3) is 3.83. The summed E-state index contributed by atoms with van der Waals surface area (Å²) in [5.41, 5.74) is 3.22. The molecule has 0 atom stereocenters. The van der Waals surface area contributed by atoms with Crippen LogP contribution in [-0.4, -0.2) is 34.3 Å². The predicted molar refractivity (Wildman–Crippen MR) is 87.8 cm³/mol. The molecule has 1 aliphatic heterocycles. The van der Waals surface area contributed by atoms with E-state index >= 15 is 0 Å². The molecule has 2 heterocycles. The minimum Gasteiger partial charge on any atom is -0.312 e. The highest BCUT2D eigenvalue weighted by Crippen LogP contribution is 2.18. The second-order valence-corrected chi connectivity index (χ2v) is 5.47. The fraction of sp³-hybridized carbons (Fsp3) is 0.222. The average Bonchev–Trinajstić information content (AvgIpc) is 2.63. The fourth-order valence-electron chi connectivity index (χ4n) is 2.57. The average molecular weight is 309 g/mol. The van der Waals surface area contributed by atoms with Crippen molar-refractivity contribution < 1.29 is 10.0 Å². The lowest BCUT2D eigenvalue weighted by Crippen LogP contribution is -2.28. The Morgan fingerprint density at radius 1 is 1.26 bits per heavy atom. The van der Waals surface area contributed by atoms with E-state index in [2.05, 4.69) is 16.4 Å². The highest BCUT2D eigenvalue weighted by Gasteiger charge is 2.17. The second-order valence-electron chi connectivity index (χ2n) is 5.47. The molecule has 0 radical (unpaired) electrons. The van der Waals surface area contributed by atoms with Gasteiger partial charge >= 0.3 is 0 Å². The van der Waals surface area contributed by atoms with Crippen LogP contribution in [0, 0.1) is 0 Å². The Morgan fingerprint density at radius 2 is 2.09 bits per heavy atom. The SMILES string of the molecule is O=C(c1cc(C2=CCCNC2)ccn1)N(O)Cc1ccccc1. The number of benzene rings is 1. The van der Waals surface area contributed by atoms with Crippen LogP contribution in [0.5, 0.6) is 0 Å². The number of hydrogen-bond acceptors (Lipinski definition) is 4. The first-order chi connectivity index (χ1) is 11.2. The van der Waals surface area contributed by atoms with Crippen molar-refractivity contribution in [2.24, 2.45) is 0 Å². The first-order valence-corrected chi connectivity index (χ1v) is 7.65. The Kier molecular flexibility index (Phi) is 4.80. The third-order valence-electron chi connectivity index (χ3n) is 3.79. The number of nitrogens with zero attached hydrogens (tertiary/aromatic N) is 2. The van der Waals surface area contributed by atoms with E-state index in [9.17, 15) is 10.0 Å². The lowest BCUT2D eigenvalue weighted by molar-refractivity contribution is -0.0652. The molecule has 5 heteroatoms. The van der Waals surface area contributed by atoms with E-state index in [1.165, 1.54) is 0 Å². The number of carbonyl (C=O) groups is 1. The number of nitrogens with one attached hydrogen (secondary N) is 1. The largest absolute Gasteiger partial charge is 0.312 e. The molecule has 1 aromatic carbocycles. The lowest BCUT2D eigenvalue weighted by atomic mass is 10.0. The van der Waals surface area contributed by atoms with Crippen LogP contribution in [0.2, 0.25) is 0 Å². The molecule has 2 aromatic rings. The van der Waals surface area contributed by atoms with E-state index < -0.39 is 5.91 Å². The van der Waals surface area contributed by atoms with Gasteiger partial charge < -0.3 is 5.32 Å². The number of hydroxylamine groups is 2. The van der Waals surface area contributed by atoms with Gasteiger partial charge in [-0.1, -0.05) is 36.4 Å². The van der Waals surface area contributed by atoms with Gasteiger partial charge in [-0.25, -0.2) is 5.06 Å². The Bertz CT molecular complexity index is 713. The van der Waals surface area contributed by atoms with Crippen molar-refractivity contribution >= 4 is 11.5 Å². The number of aromatic nitrogens is 1. The van der Waals surface area contributed by atoms with Crippen molar-refractivity contribution in [2.45, 2.75) is 13.0 Å². The zero-order valence-electron chi connectivity index (χ0n) is 12.8. The minimum atomic E-state index is -0.500. The van der Waals surface area contributed by atoms with E-state index in [0.29, 0.717) is 5.06 Å². The summed E-state index contributed by atoms with van der Waals surface area (Å²) in [6.45, 7) is 1.89. The molecule has 1 amide bonds. The van der Waals surface area contributed by atoms with Gasteiger partial charge in [-0.2, -0.15) is 0 Å². The number of pyridine rings is 1. The van der Waals surface area contributed by atoms with Crippen molar-refractivity contribution in [1.29, 1.82) is 0 Å². The van der Waals surface area contributed by atoms with Gasteiger partial charge in [-0.3, -0.25) is 15.0 Å². The molecule has 3 rings (SSSR count). The Morgan fingerprint density at radius 3 is 2.83 bits per heavy atom. The molecule has 2 N–H and O–H groups in total.